The van der Waals surface area contributed by atoms with Gasteiger partial charge in [0, 0.05) is 11.6 Å². The number of nitrogens with zero attached hydrogens (tertiary/aromatic N) is 1. The molecule has 0 heterocycles. The zero-order valence-corrected chi connectivity index (χ0v) is 20.4. The normalized spacial score (nSPS) is 12.1. The maximum Gasteiger partial charge on any atom is 0.323 e. The summed E-state index contributed by atoms with van der Waals surface area (Å²) in [5.74, 6) is -0.0490. The highest BCUT2D eigenvalue weighted by molar-refractivity contribution is 7.89. The molecule has 0 aromatic heterocycles. The molecule has 184 valence electrons. The molecule has 3 aromatic carbocycles. The maximum atomic E-state index is 12.6. The number of nitro benzene ring substituents is 1. The van der Waals surface area contributed by atoms with Crippen molar-refractivity contribution >= 4 is 21.7 Å². The van der Waals surface area contributed by atoms with Gasteiger partial charge in [0.2, 0.25) is 10.0 Å². The number of carbonyl (C=O) groups excluding carboxylic acids is 1. The average molecular weight is 499 g/mol. The highest BCUT2D eigenvalue weighted by Gasteiger charge is 2.24. The topological polar surface area (TPSA) is 125 Å². The molecule has 0 saturated carbocycles. The number of ether oxygens (including phenoxy) is 2. The second-order valence-electron chi connectivity index (χ2n) is 7.76. The van der Waals surface area contributed by atoms with Crippen molar-refractivity contribution < 1.29 is 27.6 Å². The van der Waals surface area contributed by atoms with Crippen molar-refractivity contribution in [3.8, 4) is 16.9 Å². The van der Waals surface area contributed by atoms with E-state index in [4.69, 9.17) is 4.74 Å². The Hall–Kier alpha value is -3.76. The maximum absolute atomic E-state index is 12.6. The van der Waals surface area contributed by atoms with Crippen molar-refractivity contribution in [2.75, 3.05) is 7.11 Å². The molecule has 0 radical (unpaired) electrons. The molecular formula is C25H26N2O7S. The third-order valence-electron chi connectivity index (χ3n) is 5.55. The summed E-state index contributed by atoms with van der Waals surface area (Å²) >= 11 is 0. The summed E-state index contributed by atoms with van der Waals surface area (Å²) in [5.41, 5.74) is 2.99. The second kappa shape index (κ2) is 11.1. The molecule has 1 N–H and O–H groups in total. The average Bonchev–Trinajstić information content (AvgIpc) is 2.86. The quantitative estimate of drug-likeness (QED) is 0.250. The second-order valence-corrected chi connectivity index (χ2v) is 9.48. The van der Waals surface area contributed by atoms with Gasteiger partial charge >= 0.3 is 5.97 Å². The lowest BCUT2D eigenvalue weighted by Crippen LogP contribution is -2.40. The van der Waals surface area contributed by atoms with Crippen LogP contribution < -0.4 is 9.46 Å². The first-order valence-electron chi connectivity index (χ1n) is 10.8. The predicted molar refractivity (Wildman–Crippen MR) is 130 cm³/mol. The number of methoxy groups -OCH3 is 1. The SMILES string of the molecule is CCC(NS(=O)(=O)c1ccc(-c2ccc(OCc3cccc([N+](=O)[O-])c3C)cc2)cc1)C(=O)OC. The molecule has 9 nitrogen and oxygen atoms in total. The van der Waals surface area contributed by atoms with Crippen LogP contribution in [0.15, 0.2) is 71.6 Å². The first-order chi connectivity index (χ1) is 16.7. The molecule has 0 aliphatic heterocycles. The zero-order chi connectivity index (χ0) is 25.6. The Labute approximate surface area is 203 Å². The van der Waals surface area contributed by atoms with Gasteiger partial charge in [-0.1, -0.05) is 43.3 Å². The number of carbonyl (C=O) groups is 1. The van der Waals surface area contributed by atoms with E-state index in [2.05, 4.69) is 9.46 Å². The Morgan fingerprint density at radius 3 is 2.17 bits per heavy atom. The minimum Gasteiger partial charge on any atom is -0.489 e. The summed E-state index contributed by atoms with van der Waals surface area (Å²) in [5, 5.41) is 11.1. The van der Waals surface area contributed by atoms with Gasteiger partial charge in [-0.3, -0.25) is 14.9 Å². The van der Waals surface area contributed by atoms with Gasteiger partial charge in [0.25, 0.3) is 5.69 Å². The van der Waals surface area contributed by atoms with Gasteiger partial charge in [-0.2, -0.15) is 4.72 Å². The Morgan fingerprint density at radius 1 is 1.03 bits per heavy atom. The smallest absolute Gasteiger partial charge is 0.323 e. The lowest BCUT2D eigenvalue weighted by Gasteiger charge is -2.15. The number of hydrogen-bond donors (Lipinski definition) is 1. The molecule has 35 heavy (non-hydrogen) atoms. The Morgan fingerprint density at radius 2 is 1.63 bits per heavy atom. The van der Waals surface area contributed by atoms with Gasteiger partial charge in [-0.15, -0.1) is 0 Å². The van der Waals surface area contributed by atoms with E-state index in [1.54, 1.807) is 50.2 Å². The lowest BCUT2D eigenvalue weighted by molar-refractivity contribution is -0.385. The van der Waals surface area contributed by atoms with E-state index >= 15 is 0 Å². The number of esters is 1. The summed E-state index contributed by atoms with van der Waals surface area (Å²) in [6, 6.07) is 17.4. The molecule has 0 aliphatic rings. The van der Waals surface area contributed by atoms with Gasteiger partial charge < -0.3 is 9.47 Å². The Balaban J connectivity index is 1.68. The molecule has 1 atom stereocenters. The van der Waals surface area contributed by atoms with Crippen molar-refractivity contribution in [2.45, 2.75) is 37.8 Å². The van der Waals surface area contributed by atoms with Gasteiger partial charge in [-0.25, -0.2) is 8.42 Å². The molecule has 3 rings (SSSR count). The molecule has 0 bridgehead atoms. The van der Waals surface area contributed by atoms with Gasteiger partial charge in [0.1, 0.15) is 18.4 Å². The van der Waals surface area contributed by atoms with E-state index in [1.165, 1.54) is 25.3 Å². The molecule has 0 amide bonds. The van der Waals surface area contributed by atoms with Crippen LogP contribution in [0.4, 0.5) is 5.69 Å². The lowest BCUT2D eigenvalue weighted by atomic mass is 10.1. The third-order valence-corrected chi connectivity index (χ3v) is 7.04. The van der Waals surface area contributed by atoms with Gasteiger partial charge in [0.15, 0.2) is 0 Å². The molecule has 0 spiro atoms. The molecule has 0 aliphatic carbocycles. The minimum atomic E-state index is -3.89. The largest absolute Gasteiger partial charge is 0.489 e. The van der Waals surface area contributed by atoms with Crippen molar-refractivity contribution in [3.63, 3.8) is 0 Å². The van der Waals surface area contributed by atoms with Crippen LogP contribution in [0.25, 0.3) is 11.1 Å². The first kappa shape index (κ1) is 25.9. The number of nitro groups is 1. The Kier molecular flexibility index (Phi) is 8.21. The molecule has 0 fully saturated rings. The number of sulfonamides is 1. The van der Waals surface area contributed by atoms with Crippen LogP contribution in [-0.2, 0) is 26.2 Å². The predicted octanol–water partition coefficient (Wildman–Crippen LogP) is 4.38. The van der Waals surface area contributed by atoms with E-state index in [-0.39, 0.29) is 23.6 Å². The highest BCUT2D eigenvalue weighted by Crippen LogP contribution is 2.26. The van der Waals surface area contributed by atoms with Crippen LogP contribution in [0.3, 0.4) is 0 Å². The van der Waals surface area contributed by atoms with Crippen molar-refractivity contribution in [1.82, 2.24) is 4.72 Å². The van der Waals surface area contributed by atoms with E-state index in [0.717, 1.165) is 16.7 Å². The van der Waals surface area contributed by atoms with E-state index in [9.17, 15) is 23.3 Å². The molecule has 0 saturated heterocycles. The van der Waals surface area contributed by atoms with Crippen LogP contribution in [0, 0.1) is 17.0 Å². The fraction of sp³-hybridized carbons (Fsp3) is 0.240. The van der Waals surface area contributed by atoms with Crippen LogP contribution >= 0.6 is 0 Å². The van der Waals surface area contributed by atoms with Crippen LogP contribution in [0.2, 0.25) is 0 Å². The summed E-state index contributed by atoms with van der Waals surface area (Å²) in [7, 11) is -2.68. The summed E-state index contributed by atoms with van der Waals surface area (Å²) in [6.07, 6.45) is 0.263. The van der Waals surface area contributed by atoms with Crippen molar-refractivity contribution in [2.24, 2.45) is 0 Å². The monoisotopic (exact) mass is 498 g/mol. The zero-order valence-electron chi connectivity index (χ0n) is 19.6. The van der Waals surface area contributed by atoms with Gasteiger partial charge in [-0.05, 0) is 54.3 Å². The van der Waals surface area contributed by atoms with E-state index in [1.807, 2.05) is 12.1 Å². The molecule has 3 aromatic rings. The van der Waals surface area contributed by atoms with Crippen LogP contribution in [0.5, 0.6) is 5.75 Å². The third kappa shape index (κ3) is 6.23. The number of rotatable bonds is 10. The summed E-state index contributed by atoms with van der Waals surface area (Å²) in [4.78, 5) is 22.4. The van der Waals surface area contributed by atoms with Crippen molar-refractivity contribution in [3.05, 3.63) is 88.0 Å². The fourth-order valence-electron chi connectivity index (χ4n) is 3.45. The highest BCUT2D eigenvalue weighted by atomic mass is 32.2. The Bertz CT molecular complexity index is 1300. The fourth-order valence-corrected chi connectivity index (χ4v) is 4.72. The number of hydrogen-bond acceptors (Lipinski definition) is 7. The van der Waals surface area contributed by atoms with Crippen molar-refractivity contribution in [1.29, 1.82) is 0 Å². The van der Waals surface area contributed by atoms with E-state index in [0.29, 0.717) is 11.3 Å². The molecule has 10 heteroatoms. The number of benzene rings is 3. The minimum absolute atomic E-state index is 0.0379. The molecular weight excluding hydrogens is 472 g/mol. The van der Waals surface area contributed by atoms with E-state index < -0.39 is 27.0 Å². The standard InChI is InChI=1S/C25H26N2O7S/c1-4-23(25(28)33-3)26-35(31,32)22-14-10-19(11-15-22)18-8-12-21(13-9-18)34-16-20-6-5-7-24(17(20)2)27(29)30/h5-15,23,26H,4,16H2,1-3H3. The van der Waals surface area contributed by atoms with Gasteiger partial charge in [0.05, 0.1) is 16.9 Å². The number of nitrogens with one attached hydrogen (secondary N) is 1. The first-order valence-corrected chi connectivity index (χ1v) is 12.3. The summed E-state index contributed by atoms with van der Waals surface area (Å²) < 4.78 is 38.0. The van der Waals surface area contributed by atoms with Crippen LogP contribution in [0.1, 0.15) is 24.5 Å². The van der Waals surface area contributed by atoms with Crippen LogP contribution in [-0.4, -0.2) is 32.5 Å². The summed E-state index contributed by atoms with van der Waals surface area (Å²) in [6.45, 7) is 3.57. The molecule has 1 unspecified atom stereocenters.